The minimum absolute atomic E-state index is 0.0904. The number of carbonyl (C=O) groups excluding carboxylic acids is 2. The Morgan fingerprint density at radius 2 is 1.69 bits per heavy atom. The van der Waals surface area contributed by atoms with E-state index in [4.69, 9.17) is 0 Å². The summed E-state index contributed by atoms with van der Waals surface area (Å²) in [5.41, 5.74) is 2.65. The topological polar surface area (TPSA) is 49.4 Å². The molecular formula is C21H23FN2O2. The first kappa shape index (κ1) is 19.4. The van der Waals surface area contributed by atoms with Crippen LogP contribution >= 0.6 is 0 Å². The molecule has 1 N–H and O–H groups in total. The summed E-state index contributed by atoms with van der Waals surface area (Å²) < 4.78 is 12.9. The summed E-state index contributed by atoms with van der Waals surface area (Å²) in [5, 5.41) is 2.62. The lowest BCUT2D eigenvalue weighted by molar-refractivity contribution is -0.129. The molecule has 0 radical (unpaired) electrons. The highest BCUT2D eigenvalue weighted by Crippen LogP contribution is 2.15. The molecule has 2 rings (SSSR count). The molecule has 0 saturated heterocycles. The third-order valence-electron chi connectivity index (χ3n) is 3.91. The predicted octanol–water partition coefficient (Wildman–Crippen LogP) is 4.06. The van der Waals surface area contributed by atoms with Crippen molar-refractivity contribution in [3.63, 3.8) is 0 Å². The fourth-order valence-electron chi connectivity index (χ4n) is 2.31. The quantitative estimate of drug-likeness (QED) is 0.796. The van der Waals surface area contributed by atoms with Crippen LogP contribution in [-0.2, 0) is 9.59 Å². The number of benzene rings is 2. The molecule has 2 aromatic carbocycles. The Hall–Kier alpha value is -2.95. The third-order valence-corrected chi connectivity index (χ3v) is 3.91. The van der Waals surface area contributed by atoms with Crippen LogP contribution in [0.5, 0.6) is 0 Å². The number of likely N-dealkylation sites (N-methyl/N-ethyl adjacent to an activating group) is 1. The zero-order valence-corrected chi connectivity index (χ0v) is 15.2. The molecule has 4 nitrogen and oxygen atoms in total. The zero-order valence-electron chi connectivity index (χ0n) is 15.2. The van der Waals surface area contributed by atoms with Gasteiger partial charge in [-0.3, -0.25) is 9.59 Å². The Kier molecular flexibility index (Phi) is 6.67. The van der Waals surface area contributed by atoms with E-state index >= 15 is 0 Å². The molecule has 0 bridgehead atoms. The highest BCUT2D eigenvalue weighted by Gasteiger charge is 2.10. The Balaban J connectivity index is 1.87. The maximum absolute atomic E-state index is 12.9. The van der Waals surface area contributed by atoms with E-state index in [0.29, 0.717) is 11.6 Å². The molecule has 0 aromatic heterocycles. The predicted molar refractivity (Wildman–Crippen MR) is 102 cm³/mol. The van der Waals surface area contributed by atoms with Crippen LogP contribution in [-0.4, -0.2) is 30.3 Å². The minimum Gasteiger partial charge on any atom is -0.333 e. The molecule has 136 valence electrons. The molecule has 0 aliphatic heterocycles. The number of anilines is 1. The highest BCUT2D eigenvalue weighted by atomic mass is 19.1. The van der Waals surface area contributed by atoms with Crippen LogP contribution in [0.25, 0.3) is 6.08 Å². The first-order valence-corrected chi connectivity index (χ1v) is 8.43. The molecule has 0 atom stereocenters. The van der Waals surface area contributed by atoms with Gasteiger partial charge in [0.1, 0.15) is 5.82 Å². The van der Waals surface area contributed by atoms with Crippen LogP contribution in [0.15, 0.2) is 54.6 Å². The van der Waals surface area contributed by atoms with Crippen molar-refractivity contribution >= 4 is 23.6 Å². The number of nitrogens with one attached hydrogen (secondary N) is 1. The minimum atomic E-state index is -0.373. The average Bonchev–Trinajstić information content (AvgIpc) is 2.61. The van der Waals surface area contributed by atoms with Crippen LogP contribution in [0, 0.1) is 5.82 Å². The number of halogens is 1. The van der Waals surface area contributed by atoms with Crippen molar-refractivity contribution in [3.05, 3.63) is 71.6 Å². The van der Waals surface area contributed by atoms with E-state index in [9.17, 15) is 14.0 Å². The lowest BCUT2D eigenvalue weighted by Gasteiger charge is -2.14. The van der Waals surface area contributed by atoms with Crippen molar-refractivity contribution in [2.75, 3.05) is 18.9 Å². The van der Waals surface area contributed by atoms with Gasteiger partial charge < -0.3 is 10.2 Å². The van der Waals surface area contributed by atoms with Gasteiger partial charge in [0.05, 0.1) is 6.54 Å². The summed E-state index contributed by atoms with van der Waals surface area (Å²) in [6.07, 6.45) is 3.16. The van der Waals surface area contributed by atoms with Gasteiger partial charge in [-0.2, -0.15) is 0 Å². The summed E-state index contributed by atoms with van der Waals surface area (Å²) in [6.45, 7) is 4.16. The Morgan fingerprint density at radius 3 is 2.27 bits per heavy atom. The number of hydrogen-bond donors (Lipinski definition) is 1. The van der Waals surface area contributed by atoms with E-state index in [1.807, 2.05) is 24.3 Å². The lowest BCUT2D eigenvalue weighted by Crippen LogP contribution is -2.33. The molecule has 0 fully saturated rings. The van der Waals surface area contributed by atoms with Gasteiger partial charge in [0, 0.05) is 18.8 Å². The van der Waals surface area contributed by atoms with Crippen molar-refractivity contribution in [1.82, 2.24) is 4.90 Å². The molecule has 26 heavy (non-hydrogen) atoms. The maximum atomic E-state index is 12.9. The summed E-state index contributed by atoms with van der Waals surface area (Å²) in [4.78, 5) is 25.4. The van der Waals surface area contributed by atoms with Gasteiger partial charge in [0.25, 0.3) is 0 Å². The third kappa shape index (κ3) is 5.84. The molecule has 0 heterocycles. The Labute approximate surface area is 153 Å². The van der Waals surface area contributed by atoms with Gasteiger partial charge >= 0.3 is 0 Å². The number of rotatable bonds is 6. The van der Waals surface area contributed by atoms with Gasteiger partial charge in [-0.1, -0.05) is 38.1 Å². The maximum Gasteiger partial charge on any atom is 0.246 e. The number of carbonyl (C=O) groups is 2. The molecule has 0 unspecified atom stereocenters. The van der Waals surface area contributed by atoms with E-state index in [0.717, 1.165) is 5.56 Å². The van der Waals surface area contributed by atoms with Crippen LogP contribution < -0.4 is 5.32 Å². The summed E-state index contributed by atoms with van der Waals surface area (Å²) >= 11 is 0. The fraction of sp³-hybridized carbons (Fsp3) is 0.238. The normalized spacial score (nSPS) is 11.0. The van der Waals surface area contributed by atoms with Crippen molar-refractivity contribution in [3.8, 4) is 0 Å². The average molecular weight is 354 g/mol. The van der Waals surface area contributed by atoms with Crippen molar-refractivity contribution in [2.45, 2.75) is 19.8 Å². The molecule has 2 aromatic rings. The van der Waals surface area contributed by atoms with Gasteiger partial charge in [-0.05, 0) is 47.4 Å². The molecule has 0 aliphatic carbocycles. The van der Waals surface area contributed by atoms with Gasteiger partial charge in [-0.15, -0.1) is 0 Å². The number of amides is 2. The fourth-order valence-corrected chi connectivity index (χ4v) is 2.31. The van der Waals surface area contributed by atoms with Gasteiger partial charge in [0.15, 0.2) is 0 Å². The van der Waals surface area contributed by atoms with Crippen LogP contribution in [0.4, 0.5) is 10.1 Å². The largest absolute Gasteiger partial charge is 0.333 e. The number of hydrogen-bond acceptors (Lipinski definition) is 2. The molecular weight excluding hydrogens is 331 g/mol. The molecule has 0 saturated carbocycles. The molecule has 2 amide bonds. The van der Waals surface area contributed by atoms with E-state index in [2.05, 4.69) is 19.2 Å². The second-order valence-corrected chi connectivity index (χ2v) is 6.40. The van der Waals surface area contributed by atoms with Crippen LogP contribution in [0.1, 0.15) is 30.9 Å². The molecule has 0 aliphatic rings. The first-order valence-electron chi connectivity index (χ1n) is 8.43. The summed E-state index contributed by atoms with van der Waals surface area (Å²) in [6, 6.07) is 13.4. The first-order chi connectivity index (χ1) is 12.3. The van der Waals surface area contributed by atoms with Gasteiger partial charge in [-0.25, -0.2) is 4.39 Å². The van der Waals surface area contributed by atoms with E-state index in [1.165, 1.54) is 40.8 Å². The Morgan fingerprint density at radius 1 is 1.08 bits per heavy atom. The van der Waals surface area contributed by atoms with Gasteiger partial charge in [0.2, 0.25) is 11.8 Å². The smallest absolute Gasteiger partial charge is 0.246 e. The highest BCUT2D eigenvalue weighted by molar-refractivity contribution is 5.97. The lowest BCUT2D eigenvalue weighted by atomic mass is 10.0. The van der Waals surface area contributed by atoms with Crippen LogP contribution in [0.3, 0.4) is 0 Å². The van der Waals surface area contributed by atoms with Crippen LogP contribution in [0.2, 0.25) is 0 Å². The van der Waals surface area contributed by atoms with Crippen molar-refractivity contribution in [1.29, 1.82) is 0 Å². The van der Waals surface area contributed by atoms with E-state index < -0.39 is 0 Å². The SMILES string of the molecule is CC(C)c1ccc(/C=C/C(=O)N(C)CC(=O)Nc2ccc(F)cc2)cc1. The standard InChI is InChI=1S/C21H23FN2O2/c1-15(2)17-7-4-16(5-8-17)6-13-21(26)24(3)14-20(25)23-19-11-9-18(22)10-12-19/h4-13,15H,14H2,1-3H3,(H,23,25)/b13-6+. The monoisotopic (exact) mass is 354 g/mol. The van der Waals surface area contributed by atoms with E-state index in [1.54, 1.807) is 13.1 Å². The Bertz CT molecular complexity index is 781. The number of nitrogens with zero attached hydrogens (tertiary/aromatic N) is 1. The zero-order chi connectivity index (χ0) is 19.1. The second kappa shape index (κ2) is 8.94. The summed E-state index contributed by atoms with van der Waals surface area (Å²) in [5.74, 6) is -0.531. The van der Waals surface area contributed by atoms with Crippen molar-refractivity contribution < 1.29 is 14.0 Å². The second-order valence-electron chi connectivity index (χ2n) is 6.40. The summed E-state index contributed by atoms with van der Waals surface area (Å²) in [7, 11) is 1.55. The molecule has 5 heteroatoms. The molecule has 0 spiro atoms. The van der Waals surface area contributed by atoms with E-state index in [-0.39, 0.29) is 24.2 Å². The van der Waals surface area contributed by atoms with Crippen molar-refractivity contribution in [2.24, 2.45) is 0 Å².